The van der Waals surface area contributed by atoms with Crippen molar-refractivity contribution < 1.29 is 14.3 Å². The molecule has 0 saturated heterocycles. The van der Waals surface area contributed by atoms with Crippen LogP contribution in [0, 0.1) is 0 Å². The van der Waals surface area contributed by atoms with Crippen molar-refractivity contribution in [3.8, 4) is 5.75 Å². The van der Waals surface area contributed by atoms with E-state index in [1.165, 1.54) is 10.9 Å². The van der Waals surface area contributed by atoms with Gasteiger partial charge in [-0.15, -0.1) is 0 Å². The zero-order chi connectivity index (χ0) is 19.2. The summed E-state index contributed by atoms with van der Waals surface area (Å²) in [6.07, 6.45) is 1.49. The first kappa shape index (κ1) is 18.4. The van der Waals surface area contributed by atoms with Gasteiger partial charge in [0.15, 0.2) is 0 Å². The lowest BCUT2D eigenvalue weighted by Gasteiger charge is -2.10. The normalized spacial score (nSPS) is 10.6. The van der Waals surface area contributed by atoms with Crippen LogP contribution in [0.15, 0.2) is 53.6 Å². The van der Waals surface area contributed by atoms with Gasteiger partial charge in [0.1, 0.15) is 5.75 Å². The zero-order valence-corrected chi connectivity index (χ0v) is 15.1. The Labute approximate surface area is 155 Å². The van der Waals surface area contributed by atoms with Crippen molar-refractivity contribution in [2.75, 3.05) is 31.5 Å². The number of fused-ring (bicyclic) bond motifs is 1. The minimum absolute atomic E-state index is 0.184. The number of aromatic nitrogens is 2. The van der Waals surface area contributed by atoms with E-state index in [1.54, 1.807) is 56.7 Å². The number of carbonyl (C=O) groups excluding carboxylic acids is 1. The van der Waals surface area contributed by atoms with E-state index in [4.69, 9.17) is 9.47 Å². The minimum Gasteiger partial charge on any atom is -0.497 e. The lowest BCUT2D eigenvalue weighted by atomic mass is 10.2. The van der Waals surface area contributed by atoms with E-state index in [0.717, 1.165) is 0 Å². The number of hydrogen-bond acceptors (Lipinski definition) is 5. The van der Waals surface area contributed by atoms with Gasteiger partial charge >= 0.3 is 6.03 Å². The quantitative estimate of drug-likeness (QED) is 0.698. The number of amides is 2. The summed E-state index contributed by atoms with van der Waals surface area (Å²) in [5.74, 6) is 0.702. The molecule has 140 valence electrons. The van der Waals surface area contributed by atoms with E-state index in [-0.39, 0.29) is 5.56 Å². The van der Waals surface area contributed by atoms with Gasteiger partial charge in [0, 0.05) is 18.5 Å². The summed E-state index contributed by atoms with van der Waals surface area (Å²) in [5, 5.41) is 5.87. The molecule has 0 aliphatic rings. The number of hydrogen-bond donors (Lipinski definition) is 2. The van der Waals surface area contributed by atoms with Gasteiger partial charge in [0.2, 0.25) is 0 Å². The molecule has 0 fully saturated rings. The zero-order valence-electron chi connectivity index (χ0n) is 15.1. The van der Waals surface area contributed by atoms with Crippen molar-refractivity contribution in [2.24, 2.45) is 0 Å². The van der Waals surface area contributed by atoms with Crippen LogP contribution in [0.4, 0.5) is 16.2 Å². The van der Waals surface area contributed by atoms with Crippen LogP contribution in [0.3, 0.4) is 0 Å². The molecule has 2 amide bonds. The molecule has 0 bridgehead atoms. The Hall–Kier alpha value is -3.39. The van der Waals surface area contributed by atoms with Crippen LogP contribution in [0.5, 0.6) is 5.75 Å². The summed E-state index contributed by atoms with van der Waals surface area (Å²) in [5.41, 5.74) is 1.50. The van der Waals surface area contributed by atoms with Gasteiger partial charge in [-0.1, -0.05) is 0 Å². The molecule has 27 heavy (non-hydrogen) atoms. The van der Waals surface area contributed by atoms with Crippen LogP contribution in [0.2, 0.25) is 0 Å². The summed E-state index contributed by atoms with van der Waals surface area (Å²) in [4.78, 5) is 29.0. The molecule has 0 spiro atoms. The molecule has 0 radical (unpaired) electrons. The van der Waals surface area contributed by atoms with Crippen LogP contribution in [-0.2, 0) is 11.3 Å². The smallest absolute Gasteiger partial charge is 0.323 e. The Morgan fingerprint density at radius 2 is 1.78 bits per heavy atom. The predicted octanol–water partition coefficient (Wildman–Crippen LogP) is 2.70. The van der Waals surface area contributed by atoms with Crippen LogP contribution in [0.1, 0.15) is 0 Å². The average molecular weight is 368 g/mol. The van der Waals surface area contributed by atoms with Gasteiger partial charge in [-0.3, -0.25) is 9.36 Å². The van der Waals surface area contributed by atoms with Gasteiger partial charge in [-0.05, 0) is 42.5 Å². The topological polar surface area (TPSA) is 94.5 Å². The van der Waals surface area contributed by atoms with Gasteiger partial charge < -0.3 is 20.1 Å². The number of benzene rings is 2. The molecular weight excluding hydrogens is 348 g/mol. The summed E-state index contributed by atoms with van der Waals surface area (Å²) < 4.78 is 11.6. The summed E-state index contributed by atoms with van der Waals surface area (Å²) in [6, 6.07) is 11.6. The maximum atomic E-state index is 12.6. The van der Waals surface area contributed by atoms with Crippen molar-refractivity contribution in [1.29, 1.82) is 0 Å². The number of carbonyl (C=O) groups is 1. The number of nitrogens with one attached hydrogen (secondary N) is 2. The average Bonchev–Trinajstić information content (AvgIpc) is 2.68. The fourth-order valence-corrected chi connectivity index (χ4v) is 2.55. The SMILES string of the molecule is COCCn1cnc2ccc(NC(=O)Nc3ccc(OC)cc3)cc2c1=O. The molecule has 2 N–H and O–H groups in total. The monoisotopic (exact) mass is 368 g/mol. The van der Waals surface area contributed by atoms with E-state index < -0.39 is 6.03 Å². The third-order valence-electron chi connectivity index (χ3n) is 3.97. The second-order valence-electron chi connectivity index (χ2n) is 5.78. The number of ether oxygens (including phenoxy) is 2. The second kappa shape index (κ2) is 8.33. The highest BCUT2D eigenvalue weighted by Crippen LogP contribution is 2.17. The van der Waals surface area contributed by atoms with Crippen molar-refractivity contribution in [3.63, 3.8) is 0 Å². The highest BCUT2D eigenvalue weighted by molar-refractivity contribution is 6.00. The number of urea groups is 1. The molecule has 1 heterocycles. The molecule has 8 heteroatoms. The van der Waals surface area contributed by atoms with Crippen molar-refractivity contribution in [3.05, 3.63) is 59.1 Å². The molecule has 1 aromatic heterocycles. The first-order valence-electron chi connectivity index (χ1n) is 8.31. The van der Waals surface area contributed by atoms with Crippen LogP contribution >= 0.6 is 0 Å². The number of anilines is 2. The standard InChI is InChI=1S/C19H20N4O4/c1-26-10-9-23-12-20-17-8-5-14(11-16(17)18(23)24)22-19(25)21-13-3-6-15(27-2)7-4-13/h3-8,11-12H,9-10H2,1-2H3,(H2,21,22,25). The van der Waals surface area contributed by atoms with Gasteiger partial charge in [0.25, 0.3) is 5.56 Å². The first-order valence-corrected chi connectivity index (χ1v) is 8.31. The number of nitrogens with zero attached hydrogens (tertiary/aromatic N) is 2. The number of methoxy groups -OCH3 is 2. The Morgan fingerprint density at radius 3 is 2.48 bits per heavy atom. The summed E-state index contributed by atoms with van der Waals surface area (Å²) in [6.45, 7) is 0.823. The highest BCUT2D eigenvalue weighted by Gasteiger charge is 2.08. The molecule has 0 unspecified atom stereocenters. The van der Waals surface area contributed by atoms with Crippen molar-refractivity contribution >= 4 is 28.3 Å². The Bertz CT molecular complexity index is 999. The fourth-order valence-electron chi connectivity index (χ4n) is 2.55. The highest BCUT2D eigenvalue weighted by atomic mass is 16.5. The molecule has 3 rings (SSSR count). The van der Waals surface area contributed by atoms with Crippen LogP contribution < -0.4 is 20.9 Å². The van der Waals surface area contributed by atoms with E-state index >= 15 is 0 Å². The maximum absolute atomic E-state index is 12.6. The van der Waals surface area contributed by atoms with Crippen LogP contribution in [0.25, 0.3) is 10.9 Å². The van der Waals surface area contributed by atoms with E-state index in [1.807, 2.05) is 0 Å². The van der Waals surface area contributed by atoms with E-state index in [9.17, 15) is 9.59 Å². The van der Waals surface area contributed by atoms with Gasteiger partial charge in [0.05, 0.1) is 37.5 Å². The molecule has 2 aromatic carbocycles. The molecule has 3 aromatic rings. The second-order valence-corrected chi connectivity index (χ2v) is 5.78. The van der Waals surface area contributed by atoms with Crippen molar-refractivity contribution in [2.45, 2.75) is 6.54 Å². The fraction of sp³-hybridized carbons (Fsp3) is 0.211. The third kappa shape index (κ3) is 4.42. The molecular formula is C19H20N4O4. The Kier molecular flexibility index (Phi) is 5.68. The predicted molar refractivity (Wildman–Crippen MR) is 104 cm³/mol. The van der Waals surface area contributed by atoms with Crippen molar-refractivity contribution in [1.82, 2.24) is 9.55 Å². The Morgan fingerprint density at radius 1 is 1.07 bits per heavy atom. The Balaban J connectivity index is 1.76. The van der Waals surface area contributed by atoms with E-state index in [2.05, 4.69) is 15.6 Å². The lowest BCUT2D eigenvalue weighted by molar-refractivity contribution is 0.186. The van der Waals surface area contributed by atoms with Crippen LogP contribution in [-0.4, -0.2) is 36.4 Å². The summed E-state index contributed by atoms with van der Waals surface area (Å²) >= 11 is 0. The third-order valence-corrected chi connectivity index (χ3v) is 3.97. The molecule has 0 atom stereocenters. The maximum Gasteiger partial charge on any atom is 0.323 e. The molecule has 0 aliphatic carbocycles. The lowest BCUT2D eigenvalue weighted by Crippen LogP contribution is -2.23. The first-order chi connectivity index (χ1) is 13.1. The van der Waals surface area contributed by atoms with Gasteiger partial charge in [-0.25, -0.2) is 9.78 Å². The molecule has 8 nitrogen and oxygen atoms in total. The minimum atomic E-state index is -0.414. The van der Waals surface area contributed by atoms with E-state index in [0.29, 0.717) is 41.2 Å². The summed E-state index contributed by atoms with van der Waals surface area (Å²) in [7, 11) is 3.15. The molecule has 0 saturated carbocycles. The largest absolute Gasteiger partial charge is 0.497 e. The molecule has 0 aliphatic heterocycles. The number of rotatable bonds is 6. The van der Waals surface area contributed by atoms with Gasteiger partial charge in [-0.2, -0.15) is 0 Å².